The van der Waals surface area contributed by atoms with Crippen LogP contribution in [0.5, 0.6) is 0 Å². The molecule has 0 aliphatic carbocycles. The minimum atomic E-state index is -0.129. The van der Waals surface area contributed by atoms with E-state index in [9.17, 15) is 9.59 Å². The van der Waals surface area contributed by atoms with Gasteiger partial charge >= 0.3 is 23.1 Å². The van der Waals surface area contributed by atoms with Crippen molar-refractivity contribution in [3.8, 4) is 0 Å². The molecule has 0 N–H and O–H groups in total. The maximum atomic E-state index is 10.5. The fraction of sp³-hybridized carbons (Fsp3) is 0. The van der Waals surface area contributed by atoms with Crippen LogP contribution in [-0.2, 0) is 4.79 Å². The van der Waals surface area contributed by atoms with Crippen molar-refractivity contribution in [2.75, 3.05) is 0 Å². The summed E-state index contributed by atoms with van der Waals surface area (Å²) in [7, 11) is 0. The van der Waals surface area contributed by atoms with E-state index >= 15 is 0 Å². The predicted octanol–water partition coefficient (Wildman–Crippen LogP) is 3.12. The van der Waals surface area contributed by atoms with Gasteiger partial charge in [0.1, 0.15) is 0 Å². The zero-order valence-electron chi connectivity index (χ0n) is 10.3. The number of benzene rings is 2. The van der Waals surface area contributed by atoms with Gasteiger partial charge in [0.2, 0.25) is 0 Å². The molecule has 2 rings (SSSR count). The molecule has 0 radical (unpaired) electrons. The molecular formula is C15H11ClMgO2. The van der Waals surface area contributed by atoms with Crippen LogP contribution in [0.3, 0.4) is 0 Å². The van der Waals surface area contributed by atoms with Crippen molar-refractivity contribution in [1.82, 2.24) is 0 Å². The van der Waals surface area contributed by atoms with Gasteiger partial charge in [0.05, 0.1) is 6.29 Å². The van der Waals surface area contributed by atoms with Gasteiger partial charge in [0.15, 0.2) is 0 Å². The van der Waals surface area contributed by atoms with Gasteiger partial charge in [-0.05, 0) is 0 Å². The van der Waals surface area contributed by atoms with Crippen LogP contribution in [0.1, 0.15) is 15.9 Å². The molecule has 0 aliphatic rings. The first-order chi connectivity index (χ1) is 8.63. The van der Waals surface area contributed by atoms with Gasteiger partial charge in [-0.15, -0.1) is 17.7 Å². The summed E-state index contributed by atoms with van der Waals surface area (Å²) in [6, 6.07) is 15.5. The first kappa shape index (κ1) is 17.7. The Morgan fingerprint density at radius 2 is 1.53 bits per heavy atom. The Bertz CT molecular complexity index is 509. The number of ketones is 1. The minimum Gasteiger partial charge on any atom is -0.376 e. The molecule has 0 spiro atoms. The maximum absolute atomic E-state index is 10.5. The largest absolute Gasteiger partial charge is 2.00 e. The third-order valence-corrected chi connectivity index (χ3v) is 2.31. The van der Waals surface area contributed by atoms with Crippen molar-refractivity contribution in [3.63, 3.8) is 0 Å². The third kappa shape index (κ3) is 7.01. The smallest absolute Gasteiger partial charge is 0.376 e. The summed E-state index contributed by atoms with van der Waals surface area (Å²) in [4.78, 5) is 20.5. The Hall–Kier alpha value is -1.29. The van der Waals surface area contributed by atoms with Gasteiger partial charge in [-0.3, -0.25) is 0 Å². The zero-order valence-corrected chi connectivity index (χ0v) is 12.5. The molecule has 0 saturated heterocycles. The molecule has 0 fully saturated rings. The summed E-state index contributed by atoms with van der Waals surface area (Å²) in [6.07, 6.45) is 1.75. The molecule has 0 bridgehead atoms. The molecule has 2 nitrogen and oxygen atoms in total. The van der Waals surface area contributed by atoms with Gasteiger partial charge in [0.25, 0.3) is 0 Å². The average molecular weight is 283 g/mol. The molecule has 0 heterocycles. The van der Waals surface area contributed by atoms with Gasteiger partial charge in [-0.1, -0.05) is 41.9 Å². The van der Waals surface area contributed by atoms with Crippen molar-refractivity contribution in [2.45, 2.75) is 0 Å². The molecule has 19 heavy (non-hydrogen) atoms. The fourth-order valence-electron chi connectivity index (χ4n) is 1.14. The molecule has 0 amide bonds. The summed E-state index contributed by atoms with van der Waals surface area (Å²) >= 11 is 5.54. The van der Waals surface area contributed by atoms with Crippen LogP contribution in [0.2, 0.25) is 5.02 Å². The van der Waals surface area contributed by atoms with E-state index in [4.69, 9.17) is 11.6 Å². The van der Waals surface area contributed by atoms with E-state index in [1.54, 1.807) is 42.7 Å². The molecule has 4 heteroatoms. The van der Waals surface area contributed by atoms with E-state index in [1.807, 2.05) is 18.2 Å². The average Bonchev–Trinajstić information content (AvgIpc) is 2.41. The van der Waals surface area contributed by atoms with Crippen LogP contribution in [0.15, 0.2) is 54.6 Å². The standard InChI is InChI=1S/C8H7O.C7H4ClO.Mg/c1-7(9)8-5-3-2-4-6-8;8-7-3-1-6(5-9)2-4-7;/h2-6H,1H2;1-4H;/q2*-1;+2. The van der Waals surface area contributed by atoms with Crippen LogP contribution < -0.4 is 0 Å². The van der Waals surface area contributed by atoms with Gasteiger partial charge in [-0.2, -0.15) is 24.6 Å². The molecule has 0 saturated carbocycles. The van der Waals surface area contributed by atoms with E-state index in [2.05, 4.69) is 6.92 Å². The van der Waals surface area contributed by atoms with E-state index in [0.717, 1.165) is 0 Å². The van der Waals surface area contributed by atoms with Crippen molar-refractivity contribution in [1.29, 1.82) is 0 Å². The number of Topliss-reactive ketones (excluding diaryl/α,β-unsaturated/α-hetero) is 1. The number of rotatable bonds is 2. The maximum Gasteiger partial charge on any atom is 2.00 e. The fourth-order valence-corrected chi connectivity index (χ4v) is 1.27. The molecule has 0 atom stereocenters. The molecule has 2 aromatic carbocycles. The number of hydrogen-bond acceptors (Lipinski definition) is 2. The minimum absolute atomic E-state index is 0. The van der Waals surface area contributed by atoms with Crippen molar-refractivity contribution < 1.29 is 9.59 Å². The summed E-state index contributed by atoms with van der Waals surface area (Å²) in [5.41, 5.74) is 1.19. The predicted molar refractivity (Wildman–Crippen MR) is 78.1 cm³/mol. The van der Waals surface area contributed by atoms with Crippen LogP contribution in [0.4, 0.5) is 0 Å². The van der Waals surface area contributed by atoms with Crippen LogP contribution >= 0.6 is 11.6 Å². The van der Waals surface area contributed by atoms with Crippen molar-refractivity contribution >= 4 is 46.7 Å². The Kier molecular flexibility index (Phi) is 8.96. The number of carbonyl (C=O) groups excluding carboxylic acids is 2. The topological polar surface area (TPSA) is 34.1 Å². The van der Waals surface area contributed by atoms with Crippen LogP contribution in [-0.4, -0.2) is 35.1 Å². The summed E-state index contributed by atoms with van der Waals surface area (Å²) in [6.45, 7) is 3.27. The number of hydrogen-bond donors (Lipinski definition) is 0. The van der Waals surface area contributed by atoms with Crippen molar-refractivity contribution in [2.24, 2.45) is 0 Å². The monoisotopic (exact) mass is 282 g/mol. The number of halogens is 1. The normalized spacial score (nSPS) is 8.47. The summed E-state index contributed by atoms with van der Waals surface area (Å²) in [5, 5.41) is 0.633. The van der Waals surface area contributed by atoms with Gasteiger partial charge in [0, 0.05) is 10.8 Å². The van der Waals surface area contributed by atoms with Gasteiger partial charge < -0.3 is 9.59 Å². The summed E-state index contributed by atoms with van der Waals surface area (Å²) in [5.74, 6) is -0.129. The molecule has 0 aliphatic heterocycles. The second-order valence-corrected chi connectivity index (χ2v) is 3.83. The van der Waals surface area contributed by atoms with E-state index in [-0.39, 0.29) is 28.8 Å². The SMILES string of the molecule is O=[C-]c1ccc(Cl)cc1.[CH2-]C(=O)c1ccccc1.[Mg+2]. The Balaban J connectivity index is 0.000000324. The Morgan fingerprint density at radius 1 is 1.00 bits per heavy atom. The van der Waals surface area contributed by atoms with E-state index in [0.29, 0.717) is 16.1 Å². The zero-order chi connectivity index (χ0) is 13.4. The molecule has 2 aromatic rings. The molecule has 0 aromatic heterocycles. The quantitative estimate of drug-likeness (QED) is 0.482. The molecular weight excluding hydrogens is 272 g/mol. The van der Waals surface area contributed by atoms with E-state index < -0.39 is 0 Å². The summed E-state index contributed by atoms with van der Waals surface area (Å²) < 4.78 is 0. The van der Waals surface area contributed by atoms with Crippen LogP contribution in [0.25, 0.3) is 0 Å². The molecule has 92 valence electrons. The van der Waals surface area contributed by atoms with Crippen molar-refractivity contribution in [3.05, 3.63) is 77.7 Å². The van der Waals surface area contributed by atoms with Gasteiger partial charge in [-0.25, -0.2) is 0 Å². The first-order valence-corrected chi connectivity index (χ1v) is 5.56. The second-order valence-electron chi connectivity index (χ2n) is 3.40. The Morgan fingerprint density at radius 3 is 1.89 bits per heavy atom. The van der Waals surface area contributed by atoms with E-state index in [1.165, 1.54) is 0 Å². The Labute approximate surface area is 133 Å². The van der Waals surface area contributed by atoms with Crippen LogP contribution in [0, 0.1) is 6.92 Å². The number of carbonyl (C=O) groups is 1. The first-order valence-electron chi connectivity index (χ1n) is 5.18. The second kappa shape index (κ2) is 9.61. The molecule has 0 unspecified atom stereocenters. The third-order valence-electron chi connectivity index (χ3n) is 2.06.